The van der Waals surface area contributed by atoms with E-state index >= 15 is 0 Å². The average Bonchev–Trinajstić information content (AvgIpc) is 3.25. The lowest BCUT2D eigenvalue weighted by atomic mass is 10.0. The predicted octanol–water partition coefficient (Wildman–Crippen LogP) is 3.33. The molecular formula is C24H28F2N6O3. The fourth-order valence-electron chi connectivity index (χ4n) is 4.22. The minimum atomic E-state index is -0.756. The molecule has 2 aromatic heterocycles. The number of benzene rings is 1. The van der Waals surface area contributed by atoms with Crippen molar-refractivity contribution in [3.63, 3.8) is 0 Å². The maximum absolute atomic E-state index is 14.0. The van der Waals surface area contributed by atoms with Gasteiger partial charge in [0.05, 0.1) is 43.0 Å². The Hall–Kier alpha value is -3.73. The summed E-state index contributed by atoms with van der Waals surface area (Å²) >= 11 is 0. The molecule has 0 radical (unpaired) electrons. The van der Waals surface area contributed by atoms with Crippen molar-refractivity contribution in [1.82, 2.24) is 14.8 Å². The van der Waals surface area contributed by atoms with Gasteiger partial charge >= 0.3 is 0 Å². The lowest BCUT2D eigenvalue weighted by Crippen LogP contribution is -2.52. The quantitative estimate of drug-likeness (QED) is 0.505. The van der Waals surface area contributed by atoms with Crippen LogP contribution in [0.25, 0.3) is 0 Å². The van der Waals surface area contributed by atoms with Gasteiger partial charge in [0.25, 0.3) is 0 Å². The number of carbonyl (C=O) groups excluding carboxylic acids is 1. The second-order valence-corrected chi connectivity index (χ2v) is 8.47. The molecule has 186 valence electrons. The van der Waals surface area contributed by atoms with Crippen molar-refractivity contribution in [2.45, 2.75) is 39.1 Å². The minimum absolute atomic E-state index is 0.135. The molecule has 4 rings (SSSR count). The highest BCUT2D eigenvalue weighted by atomic mass is 19.1. The first-order valence-electron chi connectivity index (χ1n) is 11.1. The standard InChI is InChI=1S/C24H28F2N6O3/c1-13-21-19(31(3)22(14(2)34-4)24(33)30-21)8-20(29-13)27-9-16-10-28-32(12-16)11-15-6-17(25)23(35-5)18(26)7-15/h6-8,10,12,14,22H,9,11H2,1-5H3,(H,27,29)(H,30,33). The van der Waals surface area contributed by atoms with Crippen LogP contribution in [0.3, 0.4) is 0 Å². The summed E-state index contributed by atoms with van der Waals surface area (Å²) in [6.07, 6.45) is 3.18. The van der Waals surface area contributed by atoms with E-state index in [0.717, 1.165) is 11.3 Å². The van der Waals surface area contributed by atoms with Crippen molar-refractivity contribution in [1.29, 1.82) is 0 Å². The Kier molecular flexibility index (Phi) is 6.88. The van der Waals surface area contributed by atoms with Crippen molar-refractivity contribution >= 4 is 23.1 Å². The zero-order chi connectivity index (χ0) is 25.3. The van der Waals surface area contributed by atoms with Gasteiger partial charge in [-0.2, -0.15) is 5.10 Å². The number of anilines is 3. The summed E-state index contributed by atoms with van der Waals surface area (Å²) in [4.78, 5) is 19.0. The molecule has 35 heavy (non-hydrogen) atoms. The number of aryl methyl sites for hydroxylation is 1. The van der Waals surface area contributed by atoms with E-state index in [0.29, 0.717) is 29.3 Å². The van der Waals surface area contributed by atoms with E-state index in [-0.39, 0.29) is 18.6 Å². The fourth-order valence-corrected chi connectivity index (χ4v) is 4.22. The van der Waals surface area contributed by atoms with Crippen LogP contribution in [0.2, 0.25) is 0 Å². The van der Waals surface area contributed by atoms with Gasteiger partial charge in [0.15, 0.2) is 17.4 Å². The first-order chi connectivity index (χ1) is 16.7. The summed E-state index contributed by atoms with van der Waals surface area (Å²) in [7, 11) is 4.66. The summed E-state index contributed by atoms with van der Waals surface area (Å²) in [5, 5.41) is 10.5. The molecule has 1 amide bonds. The minimum Gasteiger partial charge on any atom is -0.491 e. The largest absolute Gasteiger partial charge is 0.491 e. The van der Waals surface area contributed by atoms with Crippen LogP contribution in [0.4, 0.5) is 26.0 Å². The van der Waals surface area contributed by atoms with Crippen molar-refractivity contribution in [3.05, 3.63) is 59.0 Å². The molecule has 9 nitrogen and oxygen atoms in total. The van der Waals surface area contributed by atoms with E-state index in [1.165, 1.54) is 19.2 Å². The number of aromatic nitrogens is 3. The van der Waals surface area contributed by atoms with Crippen LogP contribution in [0.5, 0.6) is 5.75 Å². The summed E-state index contributed by atoms with van der Waals surface area (Å²) in [5.74, 6) is -1.41. The maximum Gasteiger partial charge on any atom is 0.249 e. The van der Waals surface area contributed by atoms with Crippen LogP contribution in [-0.2, 0) is 22.6 Å². The molecule has 0 spiro atoms. The van der Waals surface area contributed by atoms with Crippen molar-refractivity contribution in [2.24, 2.45) is 0 Å². The molecular weight excluding hydrogens is 458 g/mol. The number of halogens is 2. The third-order valence-electron chi connectivity index (χ3n) is 6.08. The molecule has 0 bridgehead atoms. The Labute approximate surface area is 202 Å². The average molecular weight is 487 g/mol. The summed E-state index contributed by atoms with van der Waals surface area (Å²) in [6.45, 7) is 4.33. The van der Waals surface area contributed by atoms with Crippen molar-refractivity contribution in [2.75, 3.05) is 36.8 Å². The Bertz CT molecular complexity index is 1220. The molecule has 0 fully saturated rings. The molecule has 3 heterocycles. The Morgan fingerprint density at radius 1 is 1.20 bits per heavy atom. The van der Waals surface area contributed by atoms with E-state index in [1.54, 1.807) is 24.2 Å². The molecule has 0 aliphatic carbocycles. The SMILES string of the molecule is COc1c(F)cc(Cn2cc(CNc3cc4c(c(C)n3)NC(=O)C(C(C)OC)N4C)cn2)cc1F. The van der Waals surface area contributed by atoms with Gasteiger partial charge in [-0.3, -0.25) is 9.48 Å². The number of carbonyl (C=O) groups is 1. The number of nitrogens with one attached hydrogen (secondary N) is 2. The number of ether oxygens (including phenoxy) is 2. The van der Waals surface area contributed by atoms with Gasteiger partial charge in [-0.05, 0) is 31.5 Å². The molecule has 2 unspecified atom stereocenters. The van der Waals surface area contributed by atoms with Crippen LogP contribution in [0, 0.1) is 18.6 Å². The Balaban J connectivity index is 1.46. The van der Waals surface area contributed by atoms with Gasteiger partial charge in [0, 0.05) is 38.5 Å². The number of nitrogens with zero attached hydrogens (tertiary/aromatic N) is 4. The molecule has 0 saturated carbocycles. The highest BCUT2D eigenvalue weighted by Gasteiger charge is 2.36. The number of rotatable bonds is 8. The van der Waals surface area contributed by atoms with Gasteiger partial charge < -0.3 is 25.0 Å². The third kappa shape index (κ3) is 4.90. The molecule has 0 saturated heterocycles. The van der Waals surface area contributed by atoms with Gasteiger partial charge in [-0.25, -0.2) is 13.8 Å². The van der Waals surface area contributed by atoms with Gasteiger partial charge in [0.2, 0.25) is 5.91 Å². The number of fused-ring (bicyclic) bond motifs is 1. The summed E-state index contributed by atoms with van der Waals surface area (Å²) in [5.41, 5.74) is 3.50. The lowest BCUT2D eigenvalue weighted by molar-refractivity contribution is -0.120. The predicted molar refractivity (Wildman–Crippen MR) is 128 cm³/mol. The molecule has 2 atom stereocenters. The maximum atomic E-state index is 14.0. The second-order valence-electron chi connectivity index (χ2n) is 8.47. The van der Waals surface area contributed by atoms with Crippen molar-refractivity contribution in [3.8, 4) is 5.75 Å². The smallest absolute Gasteiger partial charge is 0.249 e. The topological polar surface area (TPSA) is 93.5 Å². The number of hydrogen-bond acceptors (Lipinski definition) is 7. The molecule has 2 N–H and O–H groups in total. The van der Waals surface area contributed by atoms with Gasteiger partial charge in [0.1, 0.15) is 11.9 Å². The molecule has 1 aliphatic rings. The Morgan fingerprint density at radius 2 is 1.91 bits per heavy atom. The van der Waals surface area contributed by atoms with E-state index in [1.807, 2.05) is 31.9 Å². The number of pyridine rings is 1. The number of amides is 1. The molecule has 11 heteroatoms. The van der Waals surface area contributed by atoms with Crippen LogP contribution in [0.1, 0.15) is 23.7 Å². The van der Waals surface area contributed by atoms with Crippen LogP contribution in [0.15, 0.2) is 30.6 Å². The summed E-state index contributed by atoms with van der Waals surface area (Å²) in [6, 6.07) is 3.88. The molecule has 1 aliphatic heterocycles. The van der Waals surface area contributed by atoms with Gasteiger partial charge in [-0.1, -0.05) is 0 Å². The summed E-state index contributed by atoms with van der Waals surface area (Å²) < 4.78 is 39.7. The van der Waals surface area contributed by atoms with Gasteiger partial charge in [-0.15, -0.1) is 0 Å². The van der Waals surface area contributed by atoms with Crippen LogP contribution in [-0.4, -0.2) is 54.1 Å². The van der Waals surface area contributed by atoms with E-state index in [4.69, 9.17) is 9.47 Å². The lowest BCUT2D eigenvalue weighted by Gasteiger charge is -2.38. The van der Waals surface area contributed by atoms with Crippen LogP contribution < -0.4 is 20.3 Å². The number of methoxy groups -OCH3 is 2. The van der Waals surface area contributed by atoms with Crippen molar-refractivity contribution < 1.29 is 23.0 Å². The fraction of sp³-hybridized carbons (Fsp3) is 0.375. The zero-order valence-electron chi connectivity index (χ0n) is 20.2. The van der Waals surface area contributed by atoms with Crippen LogP contribution >= 0.6 is 0 Å². The Morgan fingerprint density at radius 3 is 2.57 bits per heavy atom. The normalized spacial score (nSPS) is 16.0. The number of likely N-dealkylation sites (N-methyl/N-ethyl adjacent to an activating group) is 1. The highest BCUT2D eigenvalue weighted by molar-refractivity contribution is 6.04. The molecule has 1 aromatic carbocycles. The van der Waals surface area contributed by atoms with E-state index in [9.17, 15) is 13.6 Å². The second kappa shape index (κ2) is 9.87. The zero-order valence-corrected chi connectivity index (χ0v) is 20.2. The first-order valence-corrected chi connectivity index (χ1v) is 11.1. The van der Waals surface area contributed by atoms with E-state index in [2.05, 4.69) is 20.7 Å². The third-order valence-corrected chi connectivity index (χ3v) is 6.08. The van der Waals surface area contributed by atoms with E-state index < -0.39 is 23.4 Å². The molecule has 3 aromatic rings. The highest BCUT2D eigenvalue weighted by Crippen LogP contribution is 2.36. The first kappa shape index (κ1) is 24.4. The number of hydrogen-bond donors (Lipinski definition) is 2. The monoisotopic (exact) mass is 486 g/mol.